The number of unbranched alkanes of at least 4 members (excludes halogenated alkanes) is 1. The van der Waals surface area contributed by atoms with E-state index in [2.05, 4.69) is 46.6 Å². The molecule has 1 saturated heterocycles. The summed E-state index contributed by atoms with van der Waals surface area (Å²) in [6.07, 6.45) is 5.11. The van der Waals surface area contributed by atoms with Crippen LogP contribution in [0.3, 0.4) is 0 Å². The van der Waals surface area contributed by atoms with E-state index in [1.165, 1.54) is 25.7 Å². The third-order valence-corrected chi connectivity index (χ3v) is 4.79. The SMILES string of the molecule is CCCCC1CC(C)(C)N(C)C(C)(C)C1N. The van der Waals surface area contributed by atoms with E-state index in [0.717, 1.165) is 0 Å². The van der Waals surface area contributed by atoms with E-state index >= 15 is 0 Å². The van der Waals surface area contributed by atoms with Gasteiger partial charge in [-0.25, -0.2) is 0 Å². The summed E-state index contributed by atoms with van der Waals surface area (Å²) in [5.41, 5.74) is 6.85. The molecular weight excluding hydrogens is 196 g/mol. The number of rotatable bonds is 3. The molecule has 0 saturated carbocycles. The maximum absolute atomic E-state index is 6.47. The number of hydrogen-bond donors (Lipinski definition) is 1. The number of nitrogens with zero attached hydrogens (tertiary/aromatic N) is 1. The van der Waals surface area contributed by atoms with E-state index < -0.39 is 0 Å². The first-order chi connectivity index (χ1) is 7.23. The van der Waals surface area contributed by atoms with Crippen LogP contribution in [0.4, 0.5) is 0 Å². The fourth-order valence-electron chi connectivity index (χ4n) is 3.23. The Morgan fingerprint density at radius 3 is 2.31 bits per heavy atom. The maximum atomic E-state index is 6.47. The second-order valence-corrected chi connectivity index (χ2v) is 6.66. The van der Waals surface area contributed by atoms with Gasteiger partial charge in [0.25, 0.3) is 0 Å². The van der Waals surface area contributed by atoms with Crippen LogP contribution < -0.4 is 5.73 Å². The average Bonchev–Trinajstić information content (AvgIpc) is 2.20. The Morgan fingerprint density at radius 2 is 1.81 bits per heavy atom. The number of likely N-dealkylation sites (tertiary alicyclic amines) is 1. The molecular formula is C14H30N2. The third-order valence-electron chi connectivity index (χ3n) is 4.79. The van der Waals surface area contributed by atoms with Crippen LogP contribution in [-0.2, 0) is 0 Å². The zero-order valence-electron chi connectivity index (χ0n) is 12.0. The second kappa shape index (κ2) is 4.66. The van der Waals surface area contributed by atoms with Crippen LogP contribution in [0, 0.1) is 5.92 Å². The van der Waals surface area contributed by atoms with Gasteiger partial charge >= 0.3 is 0 Å². The number of piperidine rings is 1. The minimum atomic E-state index is 0.111. The summed E-state index contributed by atoms with van der Waals surface area (Å²) in [5, 5.41) is 0. The van der Waals surface area contributed by atoms with Gasteiger partial charge in [0.15, 0.2) is 0 Å². The van der Waals surface area contributed by atoms with Crippen LogP contribution >= 0.6 is 0 Å². The molecule has 0 aromatic heterocycles. The van der Waals surface area contributed by atoms with Gasteiger partial charge in [-0.15, -0.1) is 0 Å². The molecule has 0 amide bonds. The summed E-state index contributed by atoms with van der Waals surface area (Å²) >= 11 is 0. The molecule has 1 fully saturated rings. The lowest BCUT2D eigenvalue weighted by Crippen LogP contribution is -2.68. The van der Waals surface area contributed by atoms with Gasteiger partial charge in [-0.3, -0.25) is 4.90 Å². The molecule has 0 aromatic rings. The molecule has 2 N–H and O–H groups in total. The lowest BCUT2D eigenvalue weighted by molar-refractivity contribution is -0.0482. The highest BCUT2D eigenvalue weighted by Gasteiger charge is 2.47. The molecule has 2 heteroatoms. The van der Waals surface area contributed by atoms with Gasteiger partial charge in [0, 0.05) is 17.1 Å². The van der Waals surface area contributed by atoms with Crippen molar-refractivity contribution in [2.45, 2.75) is 77.4 Å². The molecule has 1 heterocycles. The Labute approximate surface area is 102 Å². The highest BCUT2D eigenvalue weighted by molar-refractivity contribution is 5.05. The van der Waals surface area contributed by atoms with Crippen LogP contribution in [0.2, 0.25) is 0 Å². The van der Waals surface area contributed by atoms with Crippen molar-refractivity contribution in [3.8, 4) is 0 Å². The van der Waals surface area contributed by atoms with E-state index in [9.17, 15) is 0 Å². The molecule has 2 unspecified atom stereocenters. The molecule has 1 rings (SSSR count). The van der Waals surface area contributed by atoms with Crippen molar-refractivity contribution in [2.24, 2.45) is 11.7 Å². The van der Waals surface area contributed by atoms with Crippen LogP contribution in [-0.4, -0.2) is 29.1 Å². The van der Waals surface area contributed by atoms with Crippen molar-refractivity contribution >= 4 is 0 Å². The topological polar surface area (TPSA) is 29.3 Å². The van der Waals surface area contributed by atoms with Crippen molar-refractivity contribution in [2.75, 3.05) is 7.05 Å². The molecule has 1 aliphatic heterocycles. The third kappa shape index (κ3) is 2.43. The maximum Gasteiger partial charge on any atom is 0.0309 e. The summed E-state index contributed by atoms with van der Waals surface area (Å²) < 4.78 is 0. The van der Waals surface area contributed by atoms with E-state index in [-0.39, 0.29) is 11.1 Å². The number of hydrogen-bond acceptors (Lipinski definition) is 2. The Kier molecular flexibility index (Phi) is 4.07. The lowest BCUT2D eigenvalue weighted by atomic mass is 9.69. The van der Waals surface area contributed by atoms with Crippen LogP contribution in [0.1, 0.15) is 60.3 Å². The standard InChI is InChI=1S/C14H30N2/c1-7-8-9-11-10-13(2,3)16(6)14(4,5)12(11)15/h11-12H,7-10,15H2,1-6H3. The Balaban J connectivity index is 2.83. The van der Waals surface area contributed by atoms with Crippen molar-refractivity contribution in [3.63, 3.8) is 0 Å². The molecule has 96 valence electrons. The largest absolute Gasteiger partial charge is 0.326 e. The molecule has 2 atom stereocenters. The van der Waals surface area contributed by atoms with Gasteiger partial charge in [0.05, 0.1) is 0 Å². The van der Waals surface area contributed by atoms with E-state index in [1.807, 2.05) is 0 Å². The smallest absolute Gasteiger partial charge is 0.0309 e. The quantitative estimate of drug-likeness (QED) is 0.801. The number of likely N-dealkylation sites (N-methyl/N-ethyl adjacent to an activating group) is 1. The van der Waals surface area contributed by atoms with E-state index in [0.29, 0.717) is 12.0 Å². The molecule has 16 heavy (non-hydrogen) atoms. The Morgan fingerprint density at radius 1 is 1.25 bits per heavy atom. The first-order valence-corrected chi connectivity index (χ1v) is 6.73. The Hall–Kier alpha value is -0.0800. The van der Waals surface area contributed by atoms with Crippen LogP contribution in [0.5, 0.6) is 0 Å². The summed E-state index contributed by atoms with van der Waals surface area (Å²) in [6.45, 7) is 11.5. The van der Waals surface area contributed by atoms with Gasteiger partial charge in [-0.05, 0) is 53.5 Å². The molecule has 0 bridgehead atoms. The summed E-state index contributed by atoms with van der Waals surface area (Å²) in [7, 11) is 2.22. The zero-order valence-corrected chi connectivity index (χ0v) is 12.0. The fraction of sp³-hybridized carbons (Fsp3) is 1.00. The van der Waals surface area contributed by atoms with Crippen molar-refractivity contribution in [1.82, 2.24) is 4.90 Å². The van der Waals surface area contributed by atoms with Gasteiger partial charge in [0.1, 0.15) is 0 Å². The van der Waals surface area contributed by atoms with Crippen molar-refractivity contribution in [1.29, 1.82) is 0 Å². The summed E-state index contributed by atoms with van der Waals surface area (Å²) in [6, 6.07) is 0.303. The summed E-state index contributed by atoms with van der Waals surface area (Å²) in [5.74, 6) is 0.682. The molecule has 2 nitrogen and oxygen atoms in total. The normalized spacial score (nSPS) is 33.9. The summed E-state index contributed by atoms with van der Waals surface area (Å²) in [4.78, 5) is 2.47. The van der Waals surface area contributed by atoms with Gasteiger partial charge < -0.3 is 5.73 Å². The monoisotopic (exact) mass is 226 g/mol. The van der Waals surface area contributed by atoms with Crippen LogP contribution in [0.15, 0.2) is 0 Å². The Bertz CT molecular complexity index is 233. The molecule has 0 radical (unpaired) electrons. The van der Waals surface area contributed by atoms with Gasteiger partial charge in [-0.2, -0.15) is 0 Å². The highest BCUT2D eigenvalue weighted by atomic mass is 15.3. The van der Waals surface area contributed by atoms with Crippen molar-refractivity contribution < 1.29 is 0 Å². The minimum Gasteiger partial charge on any atom is -0.326 e. The first-order valence-electron chi connectivity index (χ1n) is 6.73. The molecule has 0 aromatic carbocycles. The first kappa shape index (κ1) is 14.0. The number of nitrogens with two attached hydrogens (primary N) is 1. The van der Waals surface area contributed by atoms with E-state index in [1.54, 1.807) is 0 Å². The van der Waals surface area contributed by atoms with Gasteiger partial charge in [-0.1, -0.05) is 19.8 Å². The van der Waals surface area contributed by atoms with Gasteiger partial charge in [0.2, 0.25) is 0 Å². The second-order valence-electron chi connectivity index (χ2n) is 6.66. The predicted molar refractivity (Wildman–Crippen MR) is 71.5 cm³/mol. The average molecular weight is 226 g/mol. The zero-order chi connectivity index (χ0) is 12.6. The van der Waals surface area contributed by atoms with Crippen molar-refractivity contribution in [3.05, 3.63) is 0 Å². The van der Waals surface area contributed by atoms with E-state index in [4.69, 9.17) is 5.73 Å². The molecule has 1 aliphatic rings. The highest BCUT2D eigenvalue weighted by Crippen LogP contribution is 2.41. The lowest BCUT2D eigenvalue weighted by Gasteiger charge is -2.57. The van der Waals surface area contributed by atoms with Crippen LogP contribution in [0.25, 0.3) is 0 Å². The minimum absolute atomic E-state index is 0.111. The fourth-order valence-corrected chi connectivity index (χ4v) is 3.23. The molecule has 0 aliphatic carbocycles. The predicted octanol–water partition coefficient (Wildman–Crippen LogP) is 3.01. The molecule has 0 spiro atoms.